The molecule has 7 nitrogen and oxygen atoms in total. The number of likely N-dealkylation sites (N-methyl/N-ethyl adjacent to an activating group) is 1. The zero-order valence-electron chi connectivity index (χ0n) is 19.1. The van der Waals surface area contributed by atoms with Crippen molar-refractivity contribution in [1.82, 2.24) is 10.2 Å². The van der Waals surface area contributed by atoms with Crippen LogP contribution in [0.25, 0.3) is 0 Å². The first-order valence-electron chi connectivity index (χ1n) is 10.3. The van der Waals surface area contributed by atoms with Crippen molar-refractivity contribution in [3.05, 3.63) is 64.4 Å². The van der Waals surface area contributed by atoms with Gasteiger partial charge in [0, 0.05) is 13.1 Å². The maximum atomic E-state index is 13.3. The van der Waals surface area contributed by atoms with Crippen LogP contribution in [-0.4, -0.2) is 50.5 Å². The second-order valence-electron chi connectivity index (χ2n) is 7.65. The predicted octanol–water partition coefficient (Wildman–Crippen LogP) is 3.82. The van der Waals surface area contributed by atoms with Crippen molar-refractivity contribution in [3.63, 3.8) is 0 Å². The lowest BCUT2D eigenvalue weighted by Gasteiger charge is -2.31. The molecule has 0 saturated carbocycles. The van der Waals surface area contributed by atoms with Crippen LogP contribution in [0.15, 0.2) is 42.5 Å². The third-order valence-electron chi connectivity index (χ3n) is 5.01. The first-order valence-corrected chi connectivity index (χ1v) is 12.5. The molecule has 35 heavy (non-hydrogen) atoms. The first-order chi connectivity index (χ1) is 16.1. The van der Waals surface area contributed by atoms with E-state index in [0.29, 0.717) is 15.9 Å². The number of carbonyl (C=O) groups is 2. The summed E-state index contributed by atoms with van der Waals surface area (Å²) in [5.74, 6) is -1.91. The minimum absolute atomic E-state index is 0.177. The monoisotopic (exact) mass is 537 g/mol. The first kappa shape index (κ1) is 28.4. The molecule has 0 heterocycles. The summed E-state index contributed by atoms with van der Waals surface area (Å²) < 4.78 is 78.7. The molecular formula is C22H24ClF4N3O4S. The molecule has 2 amide bonds. The van der Waals surface area contributed by atoms with Crippen molar-refractivity contribution >= 4 is 39.1 Å². The second-order valence-corrected chi connectivity index (χ2v) is 9.96. The Morgan fingerprint density at radius 1 is 1.11 bits per heavy atom. The fourth-order valence-corrected chi connectivity index (χ4v) is 4.26. The molecule has 2 rings (SSSR count). The highest BCUT2D eigenvalue weighted by atomic mass is 35.5. The summed E-state index contributed by atoms with van der Waals surface area (Å²) in [6, 6.07) is 6.50. The van der Waals surface area contributed by atoms with Crippen molar-refractivity contribution in [1.29, 1.82) is 0 Å². The second kappa shape index (κ2) is 11.3. The van der Waals surface area contributed by atoms with Crippen LogP contribution in [-0.2, 0) is 32.3 Å². The number of alkyl halides is 3. The maximum Gasteiger partial charge on any atom is 0.417 e. The Morgan fingerprint density at radius 2 is 1.71 bits per heavy atom. The third kappa shape index (κ3) is 7.56. The van der Waals surface area contributed by atoms with E-state index in [0.717, 1.165) is 35.4 Å². The number of hydrogen-bond acceptors (Lipinski definition) is 4. The summed E-state index contributed by atoms with van der Waals surface area (Å²) in [5, 5.41) is 1.92. The lowest BCUT2D eigenvalue weighted by Crippen LogP contribution is -2.51. The molecule has 0 spiro atoms. The van der Waals surface area contributed by atoms with Gasteiger partial charge in [0.1, 0.15) is 18.4 Å². The molecule has 1 N–H and O–H groups in total. The van der Waals surface area contributed by atoms with Crippen LogP contribution in [0.3, 0.4) is 0 Å². The quantitative estimate of drug-likeness (QED) is 0.493. The molecule has 0 aliphatic heterocycles. The topological polar surface area (TPSA) is 86.8 Å². The van der Waals surface area contributed by atoms with Gasteiger partial charge in [-0.25, -0.2) is 12.8 Å². The molecule has 0 fully saturated rings. The van der Waals surface area contributed by atoms with E-state index in [1.54, 1.807) is 6.92 Å². The molecule has 0 aliphatic carbocycles. The highest BCUT2D eigenvalue weighted by molar-refractivity contribution is 7.92. The van der Waals surface area contributed by atoms with Crippen LogP contribution in [0.2, 0.25) is 5.02 Å². The zero-order valence-corrected chi connectivity index (χ0v) is 20.6. The van der Waals surface area contributed by atoms with Gasteiger partial charge in [0.05, 0.1) is 22.5 Å². The largest absolute Gasteiger partial charge is 0.417 e. The number of hydrogen-bond donors (Lipinski definition) is 1. The molecule has 0 aliphatic rings. The van der Waals surface area contributed by atoms with E-state index in [1.165, 1.54) is 19.1 Å². The number of nitrogens with zero attached hydrogens (tertiary/aromatic N) is 2. The summed E-state index contributed by atoms with van der Waals surface area (Å²) >= 11 is 5.63. The van der Waals surface area contributed by atoms with Gasteiger partial charge in [0.2, 0.25) is 21.8 Å². The maximum absolute atomic E-state index is 13.3. The van der Waals surface area contributed by atoms with Crippen LogP contribution in [0.5, 0.6) is 0 Å². The van der Waals surface area contributed by atoms with Gasteiger partial charge < -0.3 is 10.2 Å². The predicted molar refractivity (Wildman–Crippen MR) is 124 cm³/mol. The number of sulfonamides is 1. The number of benzene rings is 2. The van der Waals surface area contributed by atoms with Crippen molar-refractivity contribution in [2.24, 2.45) is 0 Å². The van der Waals surface area contributed by atoms with E-state index in [-0.39, 0.29) is 13.1 Å². The Kier molecular flexibility index (Phi) is 9.12. The summed E-state index contributed by atoms with van der Waals surface area (Å²) in [6.07, 6.45) is -4.12. The van der Waals surface area contributed by atoms with Gasteiger partial charge in [0.25, 0.3) is 0 Å². The molecule has 1 atom stereocenters. The molecule has 2 aromatic rings. The van der Waals surface area contributed by atoms with Crippen molar-refractivity contribution < 1.29 is 35.6 Å². The molecule has 2 aromatic carbocycles. The molecule has 0 aromatic heterocycles. The van der Waals surface area contributed by atoms with Gasteiger partial charge in [-0.1, -0.05) is 23.7 Å². The molecule has 0 radical (unpaired) electrons. The highest BCUT2D eigenvalue weighted by Crippen LogP contribution is 2.37. The van der Waals surface area contributed by atoms with E-state index in [1.807, 2.05) is 0 Å². The highest BCUT2D eigenvalue weighted by Gasteiger charge is 2.35. The zero-order chi connectivity index (χ0) is 26.6. The van der Waals surface area contributed by atoms with E-state index < -0.39 is 62.7 Å². The van der Waals surface area contributed by atoms with Crippen molar-refractivity contribution in [2.45, 2.75) is 32.6 Å². The standard InChI is InChI=1S/C22H24ClF4N3O4S/c1-4-28-21(32)14(2)29(12-15-5-7-16(24)8-6-15)20(31)13-30(35(3,33)34)17-9-10-19(23)18(11-17)22(25,26)27/h5-11,14H,4,12-13H2,1-3H3,(H,28,32)/t14-/m0/s1. The van der Waals surface area contributed by atoms with Crippen molar-refractivity contribution in [3.8, 4) is 0 Å². The van der Waals surface area contributed by atoms with Gasteiger partial charge in [-0.15, -0.1) is 0 Å². The Balaban J connectivity index is 2.46. The Bertz CT molecular complexity index is 1170. The average Bonchev–Trinajstić information content (AvgIpc) is 2.75. The van der Waals surface area contributed by atoms with Gasteiger partial charge in [0.15, 0.2) is 0 Å². The Hall–Kier alpha value is -2.86. The van der Waals surface area contributed by atoms with Gasteiger partial charge >= 0.3 is 6.18 Å². The SMILES string of the molecule is CCNC(=O)[C@H](C)N(Cc1ccc(F)cc1)C(=O)CN(c1ccc(Cl)c(C(F)(F)F)c1)S(C)(=O)=O. The summed E-state index contributed by atoms with van der Waals surface area (Å²) in [5.41, 5.74) is -1.24. The van der Waals surface area contributed by atoms with Gasteiger partial charge in [-0.05, 0) is 49.7 Å². The van der Waals surface area contributed by atoms with Gasteiger partial charge in [-0.2, -0.15) is 13.2 Å². The lowest BCUT2D eigenvalue weighted by molar-refractivity contribution is -0.139. The molecule has 13 heteroatoms. The Morgan fingerprint density at radius 3 is 2.23 bits per heavy atom. The fraction of sp³-hybridized carbons (Fsp3) is 0.364. The lowest BCUT2D eigenvalue weighted by atomic mass is 10.1. The smallest absolute Gasteiger partial charge is 0.355 e. The fourth-order valence-electron chi connectivity index (χ4n) is 3.19. The van der Waals surface area contributed by atoms with Crippen LogP contribution in [0.1, 0.15) is 25.0 Å². The Labute approximate surface area is 205 Å². The summed E-state index contributed by atoms with van der Waals surface area (Å²) in [6.45, 7) is 2.29. The van der Waals surface area contributed by atoms with E-state index >= 15 is 0 Å². The number of rotatable bonds is 9. The summed E-state index contributed by atoms with van der Waals surface area (Å²) in [7, 11) is -4.23. The molecule has 0 unspecified atom stereocenters. The minimum Gasteiger partial charge on any atom is -0.355 e. The van der Waals surface area contributed by atoms with Crippen LogP contribution < -0.4 is 9.62 Å². The number of nitrogens with one attached hydrogen (secondary N) is 1. The minimum atomic E-state index is -4.86. The van der Waals surface area contributed by atoms with E-state index in [2.05, 4.69) is 5.32 Å². The normalized spacial score (nSPS) is 12.7. The molecule has 192 valence electrons. The van der Waals surface area contributed by atoms with E-state index in [4.69, 9.17) is 11.6 Å². The number of carbonyl (C=O) groups excluding carboxylic acids is 2. The number of halogens is 5. The van der Waals surface area contributed by atoms with E-state index in [9.17, 15) is 35.6 Å². The average molecular weight is 538 g/mol. The third-order valence-corrected chi connectivity index (χ3v) is 6.48. The number of anilines is 1. The summed E-state index contributed by atoms with van der Waals surface area (Å²) in [4.78, 5) is 26.8. The van der Waals surface area contributed by atoms with Crippen molar-refractivity contribution in [2.75, 3.05) is 23.7 Å². The number of amides is 2. The van der Waals surface area contributed by atoms with Crippen LogP contribution >= 0.6 is 11.6 Å². The molecule has 0 bridgehead atoms. The van der Waals surface area contributed by atoms with Crippen LogP contribution in [0.4, 0.5) is 23.2 Å². The van der Waals surface area contributed by atoms with Crippen LogP contribution in [0, 0.1) is 5.82 Å². The molecule has 0 saturated heterocycles. The molecular weight excluding hydrogens is 514 g/mol. The van der Waals surface area contributed by atoms with Gasteiger partial charge in [-0.3, -0.25) is 13.9 Å².